The molecule has 0 aromatic heterocycles. The van der Waals surface area contributed by atoms with E-state index < -0.39 is 10.0 Å². The Kier molecular flexibility index (Phi) is 8.21. The summed E-state index contributed by atoms with van der Waals surface area (Å²) in [4.78, 5) is 15.0. The molecule has 33 heavy (non-hydrogen) atoms. The number of hydrogen-bond donors (Lipinski definition) is 1. The van der Waals surface area contributed by atoms with Crippen molar-refractivity contribution in [3.05, 3.63) is 89.5 Å². The highest BCUT2D eigenvalue weighted by molar-refractivity contribution is 7.89. The van der Waals surface area contributed by atoms with Gasteiger partial charge in [-0.25, -0.2) is 13.6 Å². The van der Waals surface area contributed by atoms with Crippen LogP contribution in [-0.2, 0) is 16.6 Å². The summed E-state index contributed by atoms with van der Waals surface area (Å²) in [5.74, 6) is 1.06. The molecule has 3 aromatic carbocycles. The first-order valence-corrected chi connectivity index (χ1v) is 12.0. The van der Waals surface area contributed by atoms with Crippen molar-refractivity contribution in [1.82, 2.24) is 4.90 Å². The molecule has 0 heterocycles. The maximum absolute atomic E-state index is 13.0. The van der Waals surface area contributed by atoms with Gasteiger partial charge in [-0.3, -0.25) is 9.69 Å². The molecule has 8 heteroatoms. The molecule has 0 aliphatic heterocycles. The molecule has 0 saturated heterocycles. The lowest BCUT2D eigenvalue weighted by molar-refractivity contribution is 0.0911. The highest BCUT2D eigenvalue weighted by atomic mass is 32.2. The second-order valence-corrected chi connectivity index (χ2v) is 9.17. The number of para-hydroxylation sites is 2. The lowest BCUT2D eigenvalue weighted by Gasteiger charge is -2.22. The van der Waals surface area contributed by atoms with E-state index in [-0.39, 0.29) is 17.2 Å². The van der Waals surface area contributed by atoms with E-state index in [1.807, 2.05) is 59.5 Å². The van der Waals surface area contributed by atoms with Crippen molar-refractivity contribution in [2.24, 2.45) is 5.14 Å². The van der Waals surface area contributed by atoms with E-state index in [4.69, 9.17) is 14.6 Å². The summed E-state index contributed by atoms with van der Waals surface area (Å²) in [6.45, 7) is 3.10. The fourth-order valence-corrected chi connectivity index (χ4v) is 4.26. The Bertz CT molecular complexity index is 1200. The molecule has 0 radical (unpaired) electrons. The van der Waals surface area contributed by atoms with Crippen molar-refractivity contribution in [3.8, 4) is 11.5 Å². The lowest BCUT2D eigenvalue weighted by atomic mass is 10.1. The molecule has 3 aromatic rings. The van der Waals surface area contributed by atoms with Gasteiger partial charge in [0.05, 0.1) is 18.6 Å². The molecule has 0 aliphatic rings. The van der Waals surface area contributed by atoms with Gasteiger partial charge < -0.3 is 9.47 Å². The molecule has 7 nitrogen and oxygen atoms in total. The van der Waals surface area contributed by atoms with Crippen molar-refractivity contribution in [2.75, 3.05) is 26.8 Å². The zero-order valence-corrected chi connectivity index (χ0v) is 19.5. The van der Waals surface area contributed by atoms with Crippen LogP contribution in [0.4, 0.5) is 0 Å². The van der Waals surface area contributed by atoms with Crippen LogP contribution in [0.3, 0.4) is 0 Å². The van der Waals surface area contributed by atoms with Crippen LogP contribution in [0.25, 0.3) is 0 Å². The van der Waals surface area contributed by atoms with Crippen molar-refractivity contribution in [1.29, 1.82) is 0 Å². The summed E-state index contributed by atoms with van der Waals surface area (Å²) in [7, 11) is -2.33. The molecular formula is C25H28N2O5S. The molecule has 0 saturated carbocycles. The second-order valence-electron chi connectivity index (χ2n) is 7.64. The van der Waals surface area contributed by atoms with Gasteiger partial charge in [0.15, 0.2) is 17.3 Å². The van der Waals surface area contributed by atoms with Gasteiger partial charge in [0.1, 0.15) is 6.61 Å². The molecular weight excluding hydrogens is 440 g/mol. The number of carbonyl (C=O) groups is 1. The quantitative estimate of drug-likeness (QED) is 0.433. The second kappa shape index (κ2) is 11.1. The topological polar surface area (TPSA) is 98.9 Å². The first-order valence-electron chi connectivity index (χ1n) is 10.5. The number of carbonyl (C=O) groups excluding carboxylic acids is 1. The molecule has 0 spiro atoms. The minimum Gasteiger partial charge on any atom is -0.493 e. The summed E-state index contributed by atoms with van der Waals surface area (Å²) in [6.07, 6.45) is 0. The van der Waals surface area contributed by atoms with E-state index in [9.17, 15) is 13.2 Å². The summed E-state index contributed by atoms with van der Waals surface area (Å²) >= 11 is 0. The summed E-state index contributed by atoms with van der Waals surface area (Å²) in [6, 6.07) is 21.7. The number of ketones is 1. The number of primary sulfonamides is 1. The van der Waals surface area contributed by atoms with Crippen molar-refractivity contribution < 1.29 is 22.7 Å². The molecule has 0 bridgehead atoms. The number of Topliss-reactive ketones (excluding diaryl/α,β-unsaturated/α-hetero) is 1. The van der Waals surface area contributed by atoms with E-state index in [1.54, 1.807) is 26.2 Å². The third kappa shape index (κ3) is 6.89. The Hall–Kier alpha value is -3.20. The van der Waals surface area contributed by atoms with Gasteiger partial charge in [0.25, 0.3) is 0 Å². The largest absolute Gasteiger partial charge is 0.493 e. The summed E-state index contributed by atoms with van der Waals surface area (Å²) in [5.41, 5.74) is 1.85. The van der Waals surface area contributed by atoms with Crippen LogP contribution in [0.1, 0.15) is 21.5 Å². The van der Waals surface area contributed by atoms with Gasteiger partial charge in [-0.15, -0.1) is 0 Å². The lowest BCUT2D eigenvalue weighted by Crippen LogP contribution is -2.33. The monoisotopic (exact) mass is 468 g/mol. The fraction of sp³-hybridized carbons (Fsp3) is 0.240. The zero-order chi connectivity index (χ0) is 23.8. The zero-order valence-electron chi connectivity index (χ0n) is 18.7. The average molecular weight is 469 g/mol. The molecule has 2 N–H and O–H groups in total. The summed E-state index contributed by atoms with van der Waals surface area (Å²) in [5, 5.41) is 5.30. The van der Waals surface area contributed by atoms with E-state index in [1.165, 1.54) is 6.07 Å². The van der Waals surface area contributed by atoms with Crippen LogP contribution in [0, 0.1) is 6.92 Å². The van der Waals surface area contributed by atoms with Crippen LogP contribution < -0.4 is 14.6 Å². The third-order valence-corrected chi connectivity index (χ3v) is 6.22. The van der Waals surface area contributed by atoms with E-state index >= 15 is 0 Å². The Morgan fingerprint density at radius 2 is 1.64 bits per heavy atom. The van der Waals surface area contributed by atoms with Gasteiger partial charge >= 0.3 is 0 Å². The number of hydrogen-bond acceptors (Lipinski definition) is 6. The first kappa shape index (κ1) is 24.4. The Balaban J connectivity index is 1.74. The number of nitrogens with two attached hydrogens (primary N) is 1. The SMILES string of the molecule is COc1ccccc1OCCN(CC(=O)c1ccc(C)c(S(N)(=O)=O)c1)Cc1ccccc1. The van der Waals surface area contributed by atoms with Crippen LogP contribution >= 0.6 is 0 Å². The molecule has 174 valence electrons. The summed E-state index contributed by atoms with van der Waals surface area (Å²) < 4.78 is 34.9. The van der Waals surface area contributed by atoms with Crippen LogP contribution in [-0.4, -0.2) is 45.9 Å². The first-order chi connectivity index (χ1) is 15.8. The number of ether oxygens (including phenoxy) is 2. The Morgan fingerprint density at radius 1 is 0.970 bits per heavy atom. The van der Waals surface area contributed by atoms with Gasteiger partial charge in [0.2, 0.25) is 10.0 Å². The van der Waals surface area contributed by atoms with E-state index in [2.05, 4.69) is 0 Å². The van der Waals surface area contributed by atoms with Gasteiger partial charge in [-0.05, 0) is 36.2 Å². The Labute approximate surface area is 194 Å². The van der Waals surface area contributed by atoms with Gasteiger partial charge in [-0.2, -0.15) is 0 Å². The van der Waals surface area contributed by atoms with Crippen molar-refractivity contribution >= 4 is 15.8 Å². The number of nitrogens with zero attached hydrogens (tertiary/aromatic N) is 1. The highest BCUT2D eigenvalue weighted by Crippen LogP contribution is 2.25. The number of benzene rings is 3. The molecule has 0 fully saturated rings. The minimum atomic E-state index is -3.92. The third-order valence-electron chi connectivity index (χ3n) is 5.17. The molecule has 0 unspecified atom stereocenters. The standard InChI is InChI=1S/C25H28N2O5S/c1-19-12-13-21(16-25(19)33(26,29)30)22(28)18-27(17-20-8-4-3-5-9-20)14-15-32-24-11-7-6-10-23(24)31-2/h3-13,16H,14-15,17-18H2,1-2H3,(H2,26,29,30). The highest BCUT2D eigenvalue weighted by Gasteiger charge is 2.18. The maximum Gasteiger partial charge on any atom is 0.238 e. The maximum atomic E-state index is 13.0. The van der Waals surface area contributed by atoms with Crippen molar-refractivity contribution in [2.45, 2.75) is 18.4 Å². The minimum absolute atomic E-state index is 0.0394. The number of methoxy groups -OCH3 is 1. The predicted molar refractivity (Wildman–Crippen MR) is 127 cm³/mol. The number of sulfonamides is 1. The smallest absolute Gasteiger partial charge is 0.238 e. The van der Waals surface area contributed by atoms with E-state index in [0.717, 1.165) is 5.56 Å². The molecule has 0 atom stereocenters. The molecule has 0 aliphatic carbocycles. The number of rotatable bonds is 11. The molecule has 3 rings (SSSR count). The molecule has 0 amide bonds. The van der Waals surface area contributed by atoms with Crippen LogP contribution in [0.5, 0.6) is 11.5 Å². The van der Waals surface area contributed by atoms with Crippen LogP contribution in [0.2, 0.25) is 0 Å². The van der Waals surface area contributed by atoms with Gasteiger partial charge in [-0.1, -0.05) is 54.6 Å². The fourth-order valence-electron chi connectivity index (χ4n) is 3.45. The van der Waals surface area contributed by atoms with Crippen LogP contribution in [0.15, 0.2) is 77.7 Å². The number of aryl methyl sites for hydroxylation is 1. The average Bonchev–Trinajstić information content (AvgIpc) is 2.79. The Morgan fingerprint density at radius 3 is 2.30 bits per heavy atom. The predicted octanol–water partition coefficient (Wildman–Crippen LogP) is 3.41. The van der Waals surface area contributed by atoms with Crippen molar-refractivity contribution in [3.63, 3.8) is 0 Å². The van der Waals surface area contributed by atoms with E-state index in [0.29, 0.717) is 42.3 Å². The van der Waals surface area contributed by atoms with Gasteiger partial charge in [0, 0.05) is 18.7 Å². The normalized spacial score (nSPS) is 11.4.